The zero-order valence-electron chi connectivity index (χ0n) is 9.16. The number of nitrogens with two attached hydrogens (primary N) is 1. The summed E-state index contributed by atoms with van der Waals surface area (Å²) >= 11 is 0. The predicted octanol–water partition coefficient (Wildman–Crippen LogP) is 1.55. The number of aliphatic hydroxyl groups is 1. The number of aryl methyl sites for hydroxylation is 1. The van der Waals surface area contributed by atoms with E-state index < -0.39 is 0 Å². The van der Waals surface area contributed by atoms with Crippen LogP contribution in [0, 0.1) is 6.92 Å². The minimum absolute atomic E-state index is 0.277. The van der Waals surface area contributed by atoms with Gasteiger partial charge in [0.25, 0.3) is 0 Å². The number of unbranched alkanes of at least 4 members (excludes halogenated alkanes) is 2. The normalized spacial score (nSPS) is 10.3. The number of rotatable bonds is 6. The van der Waals surface area contributed by atoms with Gasteiger partial charge < -0.3 is 16.2 Å². The molecule has 0 amide bonds. The monoisotopic (exact) mass is 209 g/mol. The first-order valence-corrected chi connectivity index (χ1v) is 5.31. The zero-order chi connectivity index (χ0) is 11.1. The molecule has 1 aromatic heterocycles. The van der Waals surface area contributed by atoms with E-state index >= 15 is 0 Å². The van der Waals surface area contributed by atoms with Crippen LogP contribution in [0.2, 0.25) is 0 Å². The maximum absolute atomic E-state index is 8.60. The Labute approximate surface area is 90.5 Å². The number of pyridine rings is 1. The number of hydrogen-bond donors (Lipinski definition) is 3. The molecule has 0 aliphatic carbocycles. The highest BCUT2D eigenvalue weighted by Crippen LogP contribution is 2.12. The smallest absolute Gasteiger partial charge is 0.126 e. The predicted molar refractivity (Wildman–Crippen MR) is 62.8 cm³/mol. The van der Waals surface area contributed by atoms with E-state index in [4.69, 9.17) is 10.8 Å². The van der Waals surface area contributed by atoms with Crippen molar-refractivity contribution in [3.05, 3.63) is 17.8 Å². The second-order valence-electron chi connectivity index (χ2n) is 3.64. The van der Waals surface area contributed by atoms with E-state index in [1.54, 1.807) is 6.20 Å². The first-order chi connectivity index (χ1) is 7.24. The molecule has 1 heterocycles. The van der Waals surface area contributed by atoms with Gasteiger partial charge in [-0.1, -0.05) is 0 Å². The van der Waals surface area contributed by atoms with Gasteiger partial charge in [-0.3, -0.25) is 0 Å². The SMILES string of the molecule is Cc1cc(NCCCCCO)ncc1N. The van der Waals surface area contributed by atoms with Gasteiger partial charge in [-0.15, -0.1) is 0 Å². The van der Waals surface area contributed by atoms with E-state index in [1.165, 1.54) is 0 Å². The van der Waals surface area contributed by atoms with Crippen molar-refractivity contribution in [1.29, 1.82) is 0 Å². The van der Waals surface area contributed by atoms with Crippen LogP contribution in [0.3, 0.4) is 0 Å². The Kier molecular flexibility index (Phi) is 4.90. The summed E-state index contributed by atoms with van der Waals surface area (Å²) in [6.07, 6.45) is 4.63. The van der Waals surface area contributed by atoms with Gasteiger partial charge >= 0.3 is 0 Å². The summed E-state index contributed by atoms with van der Waals surface area (Å²) in [4.78, 5) is 4.17. The maximum Gasteiger partial charge on any atom is 0.126 e. The molecule has 0 spiro atoms. The number of anilines is 2. The molecule has 0 fully saturated rings. The Hall–Kier alpha value is -1.29. The number of nitrogen functional groups attached to an aromatic ring is 1. The van der Waals surface area contributed by atoms with Gasteiger partial charge in [-0.25, -0.2) is 4.98 Å². The van der Waals surface area contributed by atoms with Gasteiger partial charge in [0.15, 0.2) is 0 Å². The second kappa shape index (κ2) is 6.24. The topological polar surface area (TPSA) is 71.2 Å². The summed E-state index contributed by atoms with van der Waals surface area (Å²) in [7, 11) is 0. The van der Waals surface area contributed by atoms with Gasteiger partial charge in [-0.05, 0) is 37.8 Å². The van der Waals surface area contributed by atoms with E-state index in [0.29, 0.717) is 0 Å². The third kappa shape index (κ3) is 4.16. The van der Waals surface area contributed by atoms with E-state index in [0.717, 1.165) is 42.9 Å². The van der Waals surface area contributed by atoms with Crippen molar-refractivity contribution in [2.24, 2.45) is 0 Å². The van der Waals surface area contributed by atoms with Crippen molar-refractivity contribution >= 4 is 11.5 Å². The maximum atomic E-state index is 8.60. The van der Waals surface area contributed by atoms with Crippen molar-refractivity contribution in [2.45, 2.75) is 26.2 Å². The van der Waals surface area contributed by atoms with E-state index in [1.807, 2.05) is 13.0 Å². The van der Waals surface area contributed by atoms with Crippen LogP contribution in [0.15, 0.2) is 12.3 Å². The number of nitrogens with zero attached hydrogens (tertiary/aromatic N) is 1. The lowest BCUT2D eigenvalue weighted by Gasteiger charge is -2.06. The lowest BCUT2D eigenvalue weighted by atomic mass is 10.2. The molecule has 4 heteroatoms. The van der Waals surface area contributed by atoms with Crippen LogP contribution in [-0.2, 0) is 0 Å². The lowest BCUT2D eigenvalue weighted by Crippen LogP contribution is -2.04. The fraction of sp³-hybridized carbons (Fsp3) is 0.545. The third-order valence-electron chi connectivity index (χ3n) is 2.29. The number of nitrogens with one attached hydrogen (secondary N) is 1. The van der Waals surface area contributed by atoms with Crippen LogP contribution in [0.4, 0.5) is 11.5 Å². The fourth-order valence-electron chi connectivity index (χ4n) is 1.29. The molecule has 0 aromatic carbocycles. The molecule has 1 rings (SSSR count). The molecule has 0 bridgehead atoms. The molecule has 0 aliphatic heterocycles. The van der Waals surface area contributed by atoms with Crippen molar-refractivity contribution in [2.75, 3.05) is 24.2 Å². The highest BCUT2D eigenvalue weighted by atomic mass is 16.2. The van der Waals surface area contributed by atoms with E-state index in [-0.39, 0.29) is 6.61 Å². The van der Waals surface area contributed by atoms with Gasteiger partial charge in [0.05, 0.1) is 11.9 Å². The molecule has 0 saturated heterocycles. The highest BCUT2D eigenvalue weighted by Gasteiger charge is 1.97. The Balaban J connectivity index is 2.28. The molecule has 0 radical (unpaired) electrons. The molecule has 4 N–H and O–H groups in total. The average molecular weight is 209 g/mol. The summed E-state index contributed by atoms with van der Waals surface area (Å²) in [6.45, 7) is 3.13. The molecule has 84 valence electrons. The van der Waals surface area contributed by atoms with E-state index in [2.05, 4.69) is 10.3 Å². The van der Waals surface area contributed by atoms with Crippen molar-refractivity contribution in [3.8, 4) is 0 Å². The minimum atomic E-state index is 0.277. The minimum Gasteiger partial charge on any atom is -0.397 e. The second-order valence-corrected chi connectivity index (χ2v) is 3.64. The standard InChI is InChI=1S/C11H19N3O/c1-9-7-11(14-8-10(9)12)13-5-3-2-4-6-15/h7-8,15H,2-6,12H2,1H3,(H,13,14). The van der Waals surface area contributed by atoms with Crippen LogP contribution in [-0.4, -0.2) is 23.2 Å². The Morgan fingerprint density at radius 2 is 2.20 bits per heavy atom. The van der Waals surface area contributed by atoms with Crippen LogP contribution < -0.4 is 11.1 Å². The molecule has 4 nitrogen and oxygen atoms in total. The fourth-order valence-corrected chi connectivity index (χ4v) is 1.29. The number of hydrogen-bond acceptors (Lipinski definition) is 4. The zero-order valence-corrected chi connectivity index (χ0v) is 9.16. The molecule has 0 saturated carbocycles. The molecule has 0 aliphatic rings. The van der Waals surface area contributed by atoms with Gasteiger partial charge in [0.2, 0.25) is 0 Å². The first-order valence-electron chi connectivity index (χ1n) is 5.31. The first kappa shape index (κ1) is 11.8. The van der Waals surface area contributed by atoms with Gasteiger partial charge in [0, 0.05) is 13.2 Å². The highest BCUT2D eigenvalue weighted by molar-refractivity contribution is 5.50. The average Bonchev–Trinajstić information content (AvgIpc) is 2.23. The molecular formula is C11H19N3O. The van der Waals surface area contributed by atoms with Crippen LogP contribution in [0.1, 0.15) is 24.8 Å². The molecule has 0 atom stereocenters. The van der Waals surface area contributed by atoms with E-state index in [9.17, 15) is 0 Å². The van der Waals surface area contributed by atoms with Crippen molar-refractivity contribution in [1.82, 2.24) is 4.98 Å². The van der Waals surface area contributed by atoms with Crippen molar-refractivity contribution < 1.29 is 5.11 Å². The third-order valence-corrected chi connectivity index (χ3v) is 2.29. The quantitative estimate of drug-likeness (QED) is 0.622. The van der Waals surface area contributed by atoms with Crippen LogP contribution >= 0.6 is 0 Å². The molecule has 0 unspecified atom stereocenters. The molecule has 15 heavy (non-hydrogen) atoms. The largest absolute Gasteiger partial charge is 0.397 e. The van der Waals surface area contributed by atoms with Gasteiger partial charge in [-0.2, -0.15) is 0 Å². The number of aromatic nitrogens is 1. The van der Waals surface area contributed by atoms with Crippen molar-refractivity contribution in [3.63, 3.8) is 0 Å². The summed E-state index contributed by atoms with van der Waals surface area (Å²) < 4.78 is 0. The summed E-state index contributed by atoms with van der Waals surface area (Å²) in [6, 6.07) is 1.95. The molecular weight excluding hydrogens is 190 g/mol. The number of aliphatic hydroxyl groups excluding tert-OH is 1. The van der Waals surface area contributed by atoms with Gasteiger partial charge in [0.1, 0.15) is 5.82 Å². The Bertz CT molecular complexity index is 302. The summed E-state index contributed by atoms with van der Waals surface area (Å²) in [5.74, 6) is 0.866. The summed E-state index contributed by atoms with van der Waals surface area (Å²) in [5.41, 5.74) is 7.43. The Morgan fingerprint density at radius 1 is 1.40 bits per heavy atom. The van der Waals surface area contributed by atoms with Crippen LogP contribution in [0.25, 0.3) is 0 Å². The molecule has 1 aromatic rings. The summed E-state index contributed by atoms with van der Waals surface area (Å²) in [5, 5.41) is 11.8. The Morgan fingerprint density at radius 3 is 2.87 bits per heavy atom. The lowest BCUT2D eigenvalue weighted by molar-refractivity contribution is 0.283. The van der Waals surface area contributed by atoms with Crippen LogP contribution in [0.5, 0.6) is 0 Å².